The van der Waals surface area contributed by atoms with Gasteiger partial charge in [-0.2, -0.15) is 0 Å². The molecule has 0 heterocycles. The number of carbonyl (C=O) groups excluding carboxylic acids is 1. The standard InChI is InChI=1S/C9H8F2N2OS/c1-5(14)12-9(15)13-8-3-2-6(10)4-7(8)11/h2-4H,1H3,(H2,12,13,14,15). The molecule has 0 aromatic heterocycles. The van der Waals surface area contributed by atoms with Gasteiger partial charge in [0.25, 0.3) is 0 Å². The number of rotatable bonds is 1. The Morgan fingerprint density at radius 2 is 2.07 bits per heavy atom. The highest BCUT2D eigenvalue weighted by molar-refractivity contribution is 7.80. The summed E-state index contributed by atoms with van der Waals surface area (Å²) in [5, 5.41) is 4.65. The predicted molar refractivity (Wildman–Crippen MR) is 56.4 cm³/mol. The molecule has 0 aliphatic rings. The van der Waals surface area contributed by atoms with E-state index in [9.17, 15) is 13.6 Å². The highest BCUT2D eigenvalue weighted by atomic mass is 32.1. The third-order valence-corrected chi connectivity index (χ3v) is 1.67. The van der Waals surface area contributed by atoms with E-state index in [0.29, 0.717) is 0 Å². The Bertz CT molecular complexity index is 409. The van der Waals surface area contributed by atoms with E-state index < -0.39 is 11.6 Å². The van der Waals surface area contributed by atoms with E-state index in [2.05, 4.69) is 10.6 Å². The average molecular weight is 230 g/mol. The van der Waals surface area contributed by atoms with E-state index >= 15 is 0 Å². The SMILES string of the molecule is CC(=O)NC(=S)Nc1ccc(F)cc1F. The molecule has 0 atom stereocenters. The van der Waals surface area contributed by atoms with E-state index in [1.165, 1.54) is 13.0 Å². The van der Waals surface area contributed by atoms with Crippen molar-refractivity contribution in [3.8, 4) is 0 Å². The fraction of sp³-hybridized carbons (Fsp3) is 0.111. The van der Waals surface area contributed by atoms with Gasteiger partial charge in [0.2, 0.25) is 5.91 Å². The maximum absolute atomic E-state index is 13.1. The molecule has 0 unspecified atom stereocenters. The van der Waals surface area contributed by atoms with Gasteiger partial charge in [0.1, 0.15) is 11.6 Å². The molecule has 1 amide bonds. The van der Waals surface area contributed by atoms with Gasteiger partial charge < -0.3 is 10.6 Å². The van der Waals surface area contributed by atoms with Crippen molar-refractivity contribution in [2.45, 2.75) is 6.92 Å². The molecule has 0 spiro atoms. The Balaban J connectivity index is 2.72. The Labute approximate surface area is 90.5 Å². The monoisotopic (exact) mass is 230 g/mol. The molecule has 1 aromatic rings. The molecule has 0 aliphatic heterocycles. The second kappa shape index (κ2) is 4.79. The van der Waals surface area contributed by atoms with E-state index in [1.54, 1.807) is 0 Å². The molecule has 0 saturated carbocycles. The molecule has 0 bridgehead atoms. The van der Waals surface area contributed by atoms with Gasteiger partial charge in [0.15, 0.2) is 5.11 Å². The number of hydrogen-bond acceptors (Lipinski definition) is 2. The zero-order valence-electron chi connectivity index (χ0n) is 7.80. The number of nitrogens with one attached hydrogen (secondary N) is 2. The average Bonchev–Trinajstić information content (AvgIpc) is 2.08. The fourth-order valence-electron chi connectivity index (χ4n) is 0.904. The lowest BCUT2D eigenvalue weighted by Crippen LogP contribution is -2.32. The van der Waals surface area contributed by atoms with E-state index in [-0.39, 0.29) is 16.7 Å². The number of hydrogen-bond donors (Lipinski definition) is 2. The number of anilines is 1. The minimum atomic E-state index is -0.775. The Morgan fingerprint density at radius 3 is 2.60 bits per heavy atom. The van der Waals surface area contributed by atoms with Crippen LogP contribution in [-0.4, -0.2) is 11.0 Å². The molecule has 1 rings (SSSR count). The van der Waals surface area contributed by atoms with Crippen LogP contribution in [0.2, 0.25) is 0 Å². The van der Waals surface area contributed by atoms with Gasteiger partial charge in [0.05, 0.1) is 5.69 Å². The maximum Gasteiger partial charge on any atom is 0.222 e. The normalized spacial score (nSPS) is 9.53. The maximum atomic E-state index is 13.1. The summed E-state index contributed by atoms with van der Waals surface area (Å²) >= 11 is 4.70. The molecule has 80 valence electrons. The summed E-state index contributed by atoms with van der Waals surface area (Å²) in [4.78, 5) is 10.6. The molecule has 0 radical (unpaired) electrons. The highest BCUT2D eigenvalue weighted by Crippen LogP contribution is 2.14. The number of carbonyl (C=O) groups is 1. The van der Waals surface area contributed by atoms with Crippen molar-refractivity contribution < 1.29 is 13.6 Å². The van der Waals surface area contributed by atoms with Crippen LogP contribution in [0.25, 0.3) is 0 Å². The topological polar surface area (TPSA) is 41.1 Å². The number of benzene rings is 1. The van der Waals surface area contributed by atoms with Crippen LogP contribution in [0.1, 0.15) is 6.92 Å². The van der Waals surface area contributed by atoms with Crippen LogP contribution < -0.4 is 10.6 Å². The van der Waals surface area contributed by atoms with Crippen molar-refractivity contribution >= 4 is 28.9 Å². The van der Waals surface area contributed by atoms with Gasteiger partial charge in [-0.1, -0.05) is 0 Å². The van der Waals surface area contributed by atoms with E-state index in [1.807, 2.05) is 0 Å². The third kappa shape index (κ3) is 3.59. The zero-order chi connectivity index (χ0) is 11.4. The lowest BCUT2D eigenvalue weighted by molar-refractivity contribution is -0.117. The molecule has 3 nitrogen and oxygen atoms in total. The quantitative estimate of drug-likeness (QED) is 0.723. The van der Waals surface area contributed by atoms with Gasteiger partial charge in [-0.3, -0.25) is 4.79 Å². The van der Waals surface area contributed by atoms with Crippen LogP contribution in [0.3, 0.4) is 0 Å². The van der Waals surface area contributed by atoms with Crippen LogP contribution in [0.15, 0.2) is 18.2 Å². The second-order valence-electron chi connectivity index (χ2n) is 2.76. The summed E-state index contributed by atoms with van der Waals surface area (Å²) in [6, 6.07) is 3.00. The van der Waals surface area contributed by atoms with Crippen LogP contribution in [0, 0.1) is 11.6 Å². The van der Waals surface area contributed by atoms with Gasteiger partial charge in [-0.05, 0) is 24.4 Å². The van der Waals surface area contributed by atoms with Crippen LogP contribution in [-0.2, 0) is 4.79 Å². The smallest absolute Gasteiger partial charge is 0.222 e. The summed E-state index contributed by atoms with van der Waals surface area (Å²) in [7, 11) is 0. The molecule has 1 aromatic carbocycles. The summed E-state index contributed by atoms with van der Waals surface area (Å²) < 4.78 is 25.6. The van der Waals surface area contributed by atoms with Crippen molar-refractivity contribution in [3.63, 3.8) is 0 Å². The van der Waals surface area contributed by atoms with Crippen molar-refractivity contribution in [2.75, 3.05) is 5.32 Å². The van der Waals surface area contributed by atoms with Gasteiger partial charge in [0, 0.05) is 13.0 Å². The molecule has 15 heavy (non-hydrogen) atoms. The van der Waals surface area contributed by atoms with Gasteiger partial charge in [-0.25, -0.2) is 8.78 Å². The number of amides is 1. The van der Waals surface area contributed by atoms with E-state index in [4.69, 9.17) is 12.2 Å². The van der Waals surface area contributed by atoms with Crippen LogP contribution >= 0.6 is 12.2 Å². The molecule has 6 heteroatoms. The first-order valence-corrected chi connectivity index (χ1v) is 4.43. The van der Waals surface area contributed by atoms with Crippen LogP contribution in [0.5, 0.6) is 0 Å². The minimum Gasteiger partial charge on any atom is -0.330 e. The first-order chi connectivity index (χ1) is 6.99. The van der Waals surface area contributed by atoms with Gasteiger partial charge >= 0.3 is 0 Å². The molecule has 2 N–H and O–H groups in total. The lowest BCUT2D eigenvalue weighted by atomic mass is 10.3. The van der Waals surface area contributed by atoms with Crippen molar-refractivity contribution in [3.05, 3.63) is 29.8 Å². The lowest BCUT2D eigenvalue weighted by Gasteiger charge is -2.08. The Hall–Kier alpha value is -1.56. The molecular formula is C9H8F2N2OS. The molecule has 0 fully saturated rings. The first kappa shape index (κ1) is 11.5. The summed E-state index contributed by atoms with van der Waals surface area (Å²) in [6.45, 7) is 1.27. The largest absolute Gasteiger partial charge is 0.330 e. The molecular weight excluding hydrogens is 222 g/mol. The highest BCUT2D eigenvalue weighted by Gasteiger charge is 2.05. The van der Waals surface area contributed by atoms with Crippen molar-refractivity contribution in [2.24, 2.45) is 0 Å². The minimum absolute atomic E-state index is 0.00940. The van der Waals surface area contributed by atoms with Gasteiger partial charge in [-0.15, -0.1) is 0 Å². The number of thiocarbonyl (C=S) groups is 1. The fourth-order valence-corrected chi connectivity index (χ4v) is 1.16. The van der Waals surface area contributed by atoms with Crippen LogP contribution in [0.4, 0.5) is 14.5 Å². The second-order valence-corrected chi connectivity index (χ2v) is 3.17. The Kier molecular flexibility index (Phi) is 3.68. The first-order valence-electron chi connectivity index (χ1n) is 4.02. The summed E-state index contributed by atoms with van der Waals surface area (Å²) in [5.74, 6) is -1.82. The van der Waals surface area contributed by atoms with Crippen molar-refractivity contribution in [1.82, 2.24) is 5.32 Å². The van der Waals surface area contributed by atoms with E-state index in [0.717, 1.165) is 12.1 Å². The molecule has 0 saturated heterocycles. The summed E-state index contributed by atoms with van der Waals surface area (Å²) in [6.07, 6.45) is 0. The molecule has 0 aliphatic carbocycles. The Morgan fingerprint density at radius 1 is 1.40 bits per heavy atom. The zero-order valence-corrected chi connectivity index (χ0v) is 8.62. The number of halogens is 2. The predicted octanol–water partition coefficient (Wildman–Crippen LogP) is 1.80. The van der Waals surface area contributed by atoms with Crippen molar-refractivity contribution in [1.29, 1.82) is 0 Å². The third-order valence-electron chi connectivity index (χ3n) is 1.47. The summed E-state index contributed by atoms with van der Waals surface area (Å²) in [5.41, 5.74) is 0.00940.